The van der Waals surface area contributed by atoms with Crippen LogP contribution in [0.2, 0.25) is 0 Å². The number of hydrogen-bond donors (Lipinski definition) is 2. The molecular formula is C23H36O3. The van der Waals surface area contributed by atoms with Crippen molar-refractivity contribution in [2.75, 3.05) is 0 Å². The molecule has 1 fully saturated rings. The number of hydrogen-bond acceptors (Lipinski definition) is 2. The number of phenolic OH excluding ortho intramolecular Hbond substituents is 1. The van der Waals surface area contributed by atoms with Crippen LogP contribution in [0.15, 0.2) is 18.2 Å². The number of aromatic hydroxyl groups is 1. The van der Waals surface area contributed by atoms with Crippen molar-refractivity contribution in [3.05, 3.63) is 29.3 Å². The molecule has 0 aromatic heterocycles. The summed E-state index contributed by atoms with van der Waals surface area (Å²) in [5, 5.41) is 19.5. The van der Waals surface area contributed by atoms with E-state index in [1.54, 1.807) is 6.07 Å². The van der Waals surface area contributed by atoms with E-state index < -0.39 is 5.97 Å². The Balaban J connectivity index is 1.76. The summed E-state index contributed by atoms with van der Waals surface area (Å²) in [7, 11) is 0. The van der Waals surface area contributed by atoms with Gasteiger partial charge in [-0.3, -0.25) is 4.79 Å². The molecule has 3 heteroatoms. The summed E-state index contributed by atoms with van der Waals surface area (Å²) in [5.74, 6) is -0.177. The average molecular weight is 361 g/mol. The summed E-state index contributed by atoms with van der Waals surface area (Å²) in [5.41, 5.74) is 2.37. The predicted molar refractivity (Wildman–Crippen MR) is 107 cm³/mol. The number of rotatable bonds is 11. The molecule has 26 heavy (non-hydrogen) atoms. The summed E-state index contributed by atoms with van der Waals surface area (Å²) >= 11 is 0. The second-order valence-corrected chi connectivity index (χ2v) is 9.33. The van der Waals surface area contributed by atoms with Crippen LogP contribution >= 0.6 is 0 Å². The normalized spacial score (nSPS) is 15.8. The van der Waals surface area contributed by atoms with Crippen LogP contribution in [0.1, 0.15) is 89.7 Å². The van der Waals surface area contributed by atoms with Crippen LogP contribution in [-0.2, 0) is 17.6 Å². The predicted octanol–water partition coefficient (Wildman–Crippen LogP) is 6.12. The van der Waals surface area contributed by atoms with Crippen LogP contribution in [0.25, 0.3) is 0 Å². The fraction of sp³-hybridized carbons (Fsp3) is 0.696. The lowest BCUT2D eigenvalue weighted by Gasteiger charge is -2.18. The molecule has 1 aliphatic carbocycles. The molecule has 0 heterocycles. The quantitative estimate of drug-likeness (QED) is 0.467. The fourth-order valence-electron chi connectivity index (χ4n) is 3.78. The molecule has 0 atom stereocenters. The van der Waals surface area contributed by atoms with Gasteiger partial charge in [0.15, 0.2) is 0 Å². The van der Waals surface area contributed by atoms with Crippen molar-refractivity contribution in [3.8, 4) is 5.75 Å². The topological polar surface area (TPSA) is 57.5 Å². The third-order valence-electron chi connectivity index (χ3n) is 5.76. The first kappa shape index (κ1) is 20.8. The zero-order valence-corrected chi connectivity index (χ0v) is 16.8. The highest BCUT2D eigenvalue weighted by molar-refractivity contribution is 5.77. The Morgan fingerprint density at radius 2 is 1.73 bits per heavy atom. The maximum absolute atomic E-state index is 11.2. The number of unbranched alkanes of at least 4 members (excludes halogenated alkanes) is 3. The molecule has 3 nitrogen and oxygen atoms in total. The van der Waals surface area contributed by atoms with E-state index in [0.29, 0.717) is 11.2 Å². The van der Waals surface area contributed by atoms with E-state index in [4.69, 9.17) is 0 Å². The van der Waals surface area contributed by atoms with Crippen molar-refractivity contribution >= 4 is 5.97 Å². The van der Waals surface area contributed by atoms with E-state index in [9.17, 15) is 15.0 Å². The highest BCUT2D eigenvalue weighted by atomic mass is 16.4. The van der Waals surface area contributed by atoms with Crippen LogP contribution in [0.4, 0.5) is 0 Å². The lowest BCUT2D eigenvalue weighted by Crippen LogP contribution is -2.14. The molecule has 2 N–H and O–H groups in total. The molecule has 0 aliphatic heterocycles. The van der Waals surface area contributed by atoms with E-state index in [1.165, 1.54) is 18.4 Å². The summed E-state index contributed by atoms with van der Waals surface area (Å²) < 4.78 is 0. The average Bonchev–Trinajstić information content (AvgIpc) is 3.33. The standard InChI is InChI=1S/C23H36O3/c1-22(2,3)14-8-6-12-19-18(11-9-13-20(19)24)10-5-4-7-15-23(16-17-23)21(25)26/h9,11,13,24H,4-8,10,12,14-17H2,1-3H3,(H,25,26). The Labute approximate surface area is 158 Å². The SMILES string of the molecule is CC(C)(C)CCCCc1c(O)cccc1CCCCCC1(C(=O)O)CC1. The molecule has 2 rings (SSSR count). The van der Waals surface area contributed by atoms with Gasteiger partial charge in [-0.2, -0.15) is 0 Å². The van der Waals surface area contributed by atoms with Gasteiger partial charge in [-0.1, -0.05) is 52.2 Å². The van der Waals surface area contributed by atoms with Gasteiger partial charge in [0.2, 0.25) is 0 Å². The lowest BCUT2D eigenvalue weighted by molar-refractivity contribution is -0.143. The number of aryl methyl sites for hydroxylation is 1. The van der Waals surface area contributed by atoms with E-state index in [2.05, 4.69) is 26.8 Å². The van der Waals surface area contributed by atoms with E-state index in [0.717, 1.165) is 63.4 Å². The van der Waals surface area contributed by atoms with Crippen molar-refractivity contribution in [1.29, 1.82) is 0 Å². The largest absolute Gasteiger partial charge is 0.508 e. The Hall–Kier alpha value is -1.51. The fourth-order valence-corrected chi connectivity index (χ4v) is 3.78. The Morgan fingerprint density at radius 1 is 1.04 bits per heavy atom. The van der Waals surface area contributed by atoms with Gasteiger partial charge in [-0.25, -0.2) is 0 Å². The number of carbonyl (C=O) groups is 1. The van der Waals surface area contributed by atoms with Crippen LogP contribution in [0.3, 0.4) is 0 Å². The van der Waals surface area contributed by atoms with Gasteiger partial charge in [0, 0.05) is 0 Å². The van der Waals surface area contributed by atoms with Crippen molar-refractivity contribution in [3.63, 3.8) is 0 Å². The van der Waals surface area contributed by atoms with Gasteiger partial charge >= 0.3 is 5.97 Å². The highest BCUT2D eigenvalue weighted by Crippen LogP contribution is 2.50. The molecule has 1 aromatic rings. The second-order valence-electron chi connectivity index (χ2n) is 9.33. The van der Waals surface area contributed by atoms with Crippen LogP contribution < -0.4 is 0 Å². The summed E-state index contributed by atoms with van der Waals surface area (Å²) in [4.78, 5) is 11.2. The van der Waals surface area contributed by atoms with Gasteiger partial charge in [0.1, 0.15) is 5.75 Å². The molecule has 1 saturated carbocycles. The molecule has 0 saturated heterocycles. The summed E-state index contributed by atoms with van der Waals surface area (Å²) in [6.45, 7) is 6.82. The lowest BCUT2D eigenvalue weighted by atomic mass is 9.88. The number of carboxylic acids is 1. The smallest absolute Gasteiger partial charge is 0.309 e. The van der Waals surface area contributed by atoms with Crippen molar-refractivity contribution in [2.24, 2.45) is 10.8 Å². The van der Waals surface area contributed by atoms with E-state index in [1.807, 2.05) is 6.07 Å². The number of carboxylic acid groups (broad SMARTS) is 1. The zero-order chi connectivity index (χ0) is 19.2. The second kappa shape index (κ2) is 8.92. The van der Waals surface area contributed by atoms with Crippen LogP contribution in [-0.4, -0.2) is 16.2 Å². The number of aliphatic carboxylic acids is 1. The van der Waals surface area contributed by atoms with Gasteiger partial charge in [0.05, 0.1) is 5.41 Å². The maximum Gasteiger partial charge on any atom is 0.309 e. The first-order chi connectivity index (χ1) is 12.2. The monoisotopic (exact) mass is 360 g/mol. The Bertz CT molecular complexity index is 594. The van der Waals surface area contributed by atoms with Gasteiger partial charge in [-0.15, -0.1) is 0 Å². The highest BCUT2D eigenvalue weighted by Gasteiger charge is 2.49. The first-order valence-electron chi connectivity index (χ1n) is 10.3. The molecular weight excluding hydrogens is 324 g/mol. The van der Waals surface area contributed by atoms with Crippen molar-refractivity contribution in [1.82, 2.24) is 0 Å². The molecule has 0 unspecified atom stereocenters. The van der Waals surface area contributed by atoms with E-state index >= 15 is 0 Å². The number of benzene rings is 1. The van der Waals surface area contributed by atoms with Crippen molar-refractivity contribution in [2.45, 2.75) is 91.4 Å². The number of phenols is 1. The molecule has 0 spiro atoms. The Morgan fingerprint density at radius 3 is 2.35 bits per heavy atom. The Kier molecular flexibility index (Phi) is 7.14. The minimum atomic E-state index is -0.608. The zero-order valence-electron chi connectivity index (χ0n) is 16.8. The molecule has 1 aromatic carbocycles. The maximum atomic E-state index is 11.2. The minimum Gasteiger partial charge on any atom is -0.508 e. The third-order valence-corrected chi connectivity index (χ3v) is 5.76. The van der Waals surface area contributed by atoms with Crippen LogP contribution in [0.5, 0.6) is 5.75 Å². The van der Waals surface area contributed by atoms with Gasteiger partial charge < -0.3 is 10.2 Å². The molecule has 0 amide bonds. The first-order valence-corrected chi connectivity index (χ1v) is 10.3. The molecule has 1 aliphatic rings. The summed E-state index contributed by atoms with van der Waals surface area (Å²) in [6, 6.07) is 5.87. The molecule has 0 radical (unpaired) electrons. The van der Waals surface area contributed by atoms with Crippen molar-refractivity contribution < 1.29 is 15.0 Å². The van der Waals surface area contributed by atoms with E-state index in [-0.39, 0.29) is 5.41 Å². The van der Waals surface area contributed by atoms with Gasteiger partial charge in [-0.05, 0) is 74.0 Å². The van der Waals surface area contributed by atoms with Gasteiger partial charge in [0.25, 0.3) is 0 Å². The summed E-state index contributed by atoms with van der Waals surface area (Å²) in [6.07, 6.45) is 11.1. The molecule has 146 valence electrons. The molecule has 0 bridgehead atoms. The third kappa shape index (κ3) is 6.34. The van der Waals surface area contributed by atoms with Crippen LogP contribution in [0, 0.1) is 10.8 Å². The minimum absolute atomic E-state index is 0.371.